The summed E-state index contributed by atoms with van der Waals surface area (Å²) in [6, 6.07) is 0. The van der Waals surface area contributed by atoms with Crippen molar-refractivity contribution in [1.29, 1.82) is 0 Å². The lowest BCUT2D eigenvalue weighted by atomic mass is 9.42. The summed E-state index contributed by atoms with van der Waals surface area (Å²) in [6.07, 6.45) is 29.0. The first kappa shape index (κ1) is 23.8. The highest BCUT2D eigenvalue weighted by Crippen LogP contribution is 2.64. The van der Waals surface area contributed by atoms with Crippen molar-refractivity contribution >= 4 is 5.78 Å². The van der Waals surface area contributed by atoms with Gasteiger partial charge in [-0.3, -0.25) is 4.79 Å². The highest BCUT2D eigenvalue weighted by Gasteiger charge is 2.63. The van der Waals surface area contributed by atoms with Crippen molar-refractivity contribution in [3.05, 3.63) is 0 Å². The molecule has 0 aromatic rings. The zero-order valence-corrected chi connectivity index (χ0v) is 21.1. The van der Waals surface area contributed by atoms with E-state index in [2.05, 4.69) is 13.8 Å². The third kappa shape index (κ3) is 5.27. The maximum absolute atomic E-state index is 13.5. The highest BCUT2D eigenvalue weighted by atomic mass is 16.1. The van der Waals surface area contributed by atoms with Crippen molar-refractivity contribution in [2.45, 2.75) is 149 Å². The summed E-state index contributed by atoms with van der Waals surface area (Å²) in [5.74, 6) is 4.62. The molecule has 4 saturated carbocycles. The molecule has 31 heavy (non-hydrogen) atoms. The minimum absolute atomic E-state index is 0.143. The van der Waals surface area contributed by atoms with Crippen LogP contribution in [0.4, 0.5) is 0 Å². The predicted molar refractivity (Wildman–Crippen MR) is 132 cm³/mol. The van der Waals surface area contributed by atoms with Crippen LogP contribution in [0.3, 0.4) is 0 Å². The van der Waals surface area contributed by atoms with E-state index in [4.69, 9.17) is 0 Å². The number of carbonyl (C=O) groups is 1. The van der Waals surface area contributed by atoms with Gasteiger partial charge in [-0.15, -0.1) is 0 Å². The molecule has 4 aliphatic carbocycles. The van der Waals surface area contributed by atoms with Crippen LogP contribution in [0.25, 0.3) is 0 Å². The molecule has 4 aliphatic rings. The Labute approximate surface area is 193 Å². The number of hydrogen-bond donors (Lipinski definition) is 0. The molecule has 0 atom stereocenters. The van der Waals surface area contributed by atoms with E-state index in [1.807, 2.05) is 0 Å². The topological polar surface area (TPSA) is 17.1 Å². The SMILES string of the molecule is CCCCCCCC1CCC([C@H]2CC[C@]3(CC2)C[C@@]2(CCC(CCC)CC2)C3=O)CC1. The molecular formula is C30H52O. The van der Waals surface area contributed by atoms with Gasteiger partial charge < -0.3 is 0 Å². The van der Waals surface area contributed by atoms with Crippen molar-refractivity contribution in [3.63, 3.8) is 0 Å². The van der Waals surface area contributed by atoms with Gasteiger partial charge in [-0.2, -0.15) is 0 Å². The van der Waals surface area contributed by atoms with Gasteiger partial charge in [0.25, 0.3) is 0 Å². The Morgan fingerprint density at radius 3 is 1.74 bits per heavy atom. The molecule has 2 spiro atoms. The normalized spacial score (nSPS) is 40.9. The average molecular weight is 429 g/mol. The van der Waals surface area contributed by atoms with Gasteiger partial charge >= 0.3 is 0 Å². The Hall–Kier alpha value is -0.330. The van der Waals surface area contributed by atoms with Crippen molar-refractivity contribution in [3.8, 4) is 0 Å². The predicted octanol–water partition coefficient (Wildman–Crippen LogP) is 9.28. The van der Waals surface area contributed by atoms with Crippen molar-refractivity contribution in [2.24, 2.45) is 34.5 Å². The number of hydrogen-bond acceptors (Lipinski definition) is 1. The van der Waals surface area contributed by atoms with Crippen molar-refractivity contribution in [1.82, 2.24) is 0 Å². The fourth-order valence-corrected chi connectivity index (χ4v) is 8.65. The molecule has 0 saturated heterocycles. The van der Waals surface area contributed by atoms with Crippen LogP contribution in [-0.2, 0) is 4.79 Å². The van der Waals surface area contributed by atoms with E-state index >= 15 is 0 Å². The summed E-state index contributed by atoms with van der Waals surface area (Å²) in [7, 11) is 0. The lowest BCUT2D eigenvalue weighted by Crippen LogP contribution is -2.59. The number of Topliss-reactive ketones (excluding diaryl/α,β-unsaturated/α-hetero) is 1. The zero-order chi connectivity index (χ0) is 21.7. The van der Waals surface area contributed by atoms with E-state index in [9.17, 15) is 4.79 Å². The molecule has 4 fully saturated rings. The van der Waals surface area contributed by atoms with E-state index in [1.54, 1.807) is 0 Å². The molecule has 1 heteroatoms. The van der Waals surface area contributed by atoms with Gasteiger partial charge in [-0.25, -0.2) is 0 Å². The minimum Gasteiger partial charge on any atom is -0.298 e. The Morgan fingerprint density at radius 2 is 1.16 bits per heavy atom. The second-order valence-electron chi connectivity index (χ2n) is 12.6. The fraction of sp³-hybridized carbons (Fsp3) is 0.967. The molecule has 0 aromatic heterocycles. The lowest BCUT2D eigenvalue weighted by Gasteiger charge is -2.59. The van der Waals surface area contributed by atoms with Crippen LogP contribution < -0.4 is 0 Å². The molecule has 0 radical (unpaired) electrons. The number of ketones is 1. The van der Waals surface area contributed by atoms with Gasteiger partial charge in [0.15, 0.2) is 0 Å². The Morgan fingerprint density at radius 1 is 0.613 bits per heavy atom. The molecule has 4 rings (SSSR count). The first-order valence-electron chi connectivity index (χ1n) is 14.7. The van der Waals surface area contributed by atoms with E-state index in [0.29, 0.717) is 0 Å². The summed E-state index contributed by atoms with van der Waals surface area (Å²) >= 11 is 0. The second-order valence-corrected chi connectivity index (χ2v) is 12.6. The third-order valence-corrected chi connectivity index (χ3v) is 10.7. The summed E-state index contributed by atoms with van der Waals surface area (Å²) in [5.41, 5.74) is 0.288. The monoisotopic (exact) mass is 428 g/mol. The second kappa shape index (κ2) is 10.7. The maximum Gasteiger partial charge on any atom is 0.145 e. The highest BCUT2D eigenvalue weighted by molar-refractivity contribution is 5.96. The van der Waals surface area contributed by atoms with Gasteiger partial charge in [0.05, 0.1) is 0 Å². The Kier molecular flexibility index (Phi) is 8.24. The fourth-order valence-electron chi connectivity index (χ4n) is 8.65. The standard InChI is InChI=1S/C30H52O/c1-3-5-6-7-8-10-25-11-13-26(14-12-25)27-17-21-30(22-18-27)23-29(28(30)31)19-15-24(9-4-2)16-20-29/h24-27H,3-23H2,1-2H3/t24?,25?,26?,27-,29-,30-. The summed E-state index contributed by atoms with van der Waals surface area (Å²) < 4.78 is 0. The van der Waals surface area contributed by atoms with Crippen LogP contribution in [-0.4, -0.2) is 5.78 Å². The van der Waals surface area contributed by atoms with E-state index < -0.39 is 0 Å². The van der Waals surface area contributed by atoms with Crippen molar-refractivity contribution in [2.75, 3.05) is 0 Å². The van der Waals surface area contributed by atoms with Crippen LogP contribution in [0.15, 0.2) is 0 Å². The smallest absolute Gasteiger partial charge is 0.145 e. The Balaban J connectivity index is 1.16. The zero-order valence-electron chi connectivity index (χ0n) is 21.1. The molecule has 0 bridgehead atoms. The summed E-state index contributed by atoms with van der Waals surface area (Å²) in [6.45, 7) is 4.62. The molecular weight excluding hydrogens is 376 g/mol. The molecule has 0 N–H and O–H groups in total. The molecule has 0 aliphatic heterocycles. The van der Waals surface area contributed by atoms with E-state index in [0.717, 1.165) is 29.5 Å². The van der Waals surface area contributed by atoms with Gasteiger partial charge in [0.1, 0.15) is 5.78 Å². The van der Waals surface area contributed by atoms with Gasteiger partial charge in [-0.05, 0) is 94.3 Å². The third-order valence-electron chi connectivity index (χ3n) is 10.7. The van der Waals surface area contributed by atoms with Gasteiger partial charge in [0.2, 0.25) is 0 Å². The first-order chi connectivity index (χ1) is 15.1. The van der Waals surface area contributed by atoms with E-state index in [1.165, 1.54) is 135 Å². The lowest BCUT2D eigenvalue weighted by molar-refractivity contribution is -0.169. The number of rotatable bonds is 9. The van der Waals surface area contributed by atoms with Crippen LogP contribution in [0.5, 0.6) is 0 Å². The molecule has 0 amide bonds. The quantitative estimate of drug-likeness (QED) is 0.334. The Bertz CT molecular complexity index is 553. The van der Waals surface area contributed by atoms with Gasteiger partial charge in [0, 0.05) is 10.8 Å². The van der Waals surface area contributed by atoms with Crippen LogP contribution >= 0.6 is 0 Å². The van der Waals surface area contributed by atoms with Crippen LogP contribution in [0, 0.1) is 34.5 Å². The number of carbonyl (C=O) groups excluding carboxylic acids is 1. The molecule has 0 heterocycles. The van der Waals surface area contributed by atoms with E-state index in [-0.39, 0.29) is 10.8 Å². The number of unbranched alkanes of at least 4 members (excludes halogenated alkanes) is 4. The van der Waals surface area contributed by atoms with Crippen molar-refractivity contribution < 1.29 is 4.79 Å². The minimum atomic E-state index is 0.143. The van der Waals surface area contributed by atoms with Gasteiger partial charge in [-0.1, -0.05) is 78.1 Å². The maximum atomic E-state index is 13.5. The summed E-state index contributed by atoms with van der Waals surface area (Å²) in [5, 5.41) is 0. The van der Waals surface area contributed by atoms with Crippen LogP contribution in [0.2, 0.25) is 0 Å². The largest absolute Gasteiger partial charge is 0.298 e. The molecule has 1 nitrogen and oxygen atoms in total. The summed E-state index contributed by atoms with van der Waals surface area (Å²) in [4.78, 5) is 13.5. The van der Waals surface area contributed by atoms with Crippen LogP contribution in [0.1, 0.15) is 149 Å². The average Bonchev–Trinajstić information content (AvgIpc) is 2.81. The first-order valence-corrected chi connectivity index (χ1v) is 14.7. The molecule has 0 unspecified atom stereocenters. The molecule has 0 aromatic carbocycles. The molecule has 178 valence electrons.